The van der Waals surface area contributed by atoms with Gasteiger partial charge >= 0.3 is 6.36 Å². The van der Waals surface area contributed by atoms with Crippen molar-refractivity contribution >= 4 is 26.0 Å². The predicted octanol–water partition coefficient (Wildman–Crippen LogP) is 3.42. The summed E-state index contributed by atoms with van der Waals surface area (Å²) in [6.45, 7) is -0.798. The van der Waals surface area contributed by atoms with Crippen LogP contribution in [0.5, 0.6) is 11.5 Å². The molecule has 3 rings (SSSR count). The van der Waals surface area contributed by atoms with E-state index in [2.05, 4.69) is 20.7 Å². The number of aliphatic hydroxyl groups excluding tert-OH is 1. The van der Waals surface area contributed by atoms with Crippen LogP contribution in [0.2, 0.25) is 0 Å². The summed E-state index contributed by atoms with van der Waals surface area (Å²) >= 11 is 2.95. The van der Waals surface area contributed by atoms with Crippen molar-refractivity contribution in [1.29, 1.82) is 5.26 Å². The van der Waals surface area contributed by atoms with Gasteiger partial charge in [-0.1, -0.05) is 0 Å². The summed E-state index contributed by atoms with van der Waals surface area (Å²) < 4.78 is 86.6. The highest BCUT2D eigenvalue weighted by molar-refractivity contribution is 9.10. The lowest BCUT2D eigenvalue weighted by molar-refractivity contribution is -0.274. The molecule has 0 spiro atoms. The monoisotopic (exact) mass is 538 g/mol. The Morgan fingerprint density at radius 3 is 2.38 bits per heavy atom. The third kappa shape index (κ3) is 5.15. The maximum absolute atomic E-state index is 13.7. The van der Waals surface area contributed by atoms with Crippen LogP contribution >= 0.6 is 15.9 Å². The fourth-order valence-electron chi connectivity index (χ4n) is 3.05. The highest BCUT2D eigenvalue weighted by atomic mass is 79.9. The van der Waals surface area contributed by atoms with E-state index < -0.39 is 40.0 Å². The molecule has 172 valence electrons. The summed E-state index contributed by atoms with van der Waals surface area (Å²) in [6.07, 6.45) is -4.92. The van der Waals surface area contributed by atoms with E-state index in [-0.39, 0.29) is 40.4 Å². The van der Waals surface area contributed by atoms with Gasteiger partial charge in [-0.15, -0.1) is 13.2 Å². The smallest absolute Gasteiger partial charge is 0.493 e. The minimum absolute atomic E-state index is 0.110. The predicted molar refractivity (Wildman–Crippen MR) is 106 cm³/mol. The van der Waals surface area contributed by atoms with Gasteiger partial charge in [-0.3, -0.25) is 0 Å². The zero-order valence-corrected chi connectivity index (χ0v) is 18.5. The Morgan fingerprint density at radius 2 is 1.84 bits per heavy atom. The lowest BCUT2D eigenvalue weighted by atomic mass is 9.83. The number of hydrogen-bond donors (Lipinski definition) is 1. The van der Waals surface area contributed by atoms with Crippen LogP contribution in [0, 0.1) is 22.6 Å². The van der Waals surface area contributed by atoms with Gasteiger partial charge in [0.25, 0.3) is 0 Å². The summed E-state index contributed by atoms with van der Waals surface area (Å²) in [5.74, 6) is -1.25. The van der Waals surface area contributed by atoms with Crippen LogP contribution in [-0.4, -0.2) is 50.5 Å². The number of rotatable bonds is 7. The molecule has 1 saturated heterocycles. The third-order valence-electron chi connectivity index (χ3n) is 4.72. The average Bonchev–Trinajstić information content (AvgIpc) is 2.66. The molecule has 2 aromatic rings. The maximum atomic E-state index is 13.7. The summed E-state index contributed by atoms with van der Waals surface area (Å²) in [5, 5.41) is 18.5. The molecule has 0 aliphatic carbocycles. The van der Waals surface area contributed by atoms with Gasteiger partial charge in [0.05, 0.1) is 29.1 Å². The Hall–Kier alpha value is -2.40. The molecule has 0 unspecified atom stereocenters. The second-order valence-corrected chi connectivity index (χ2v) is 9.87. The van der Waals surface area contributed by atoms with Gasteiger partial charge in [0.15, 0.2) is 0 Å². The number of nitriles is 1. The molecule has 0 atom stereocenters. The molecule has 1 heterocycles. The van der Waals surface area contributed by atoms with Gasteiger partial charge in [0, 0.05) is 23.6 Å². The number of benzene rings is 2. The number of sulfonamides is 1. The van der Waals surface area contributed by atoms with Crippen LogP contribution in [0.4, 0.5) is 17.6 Å². The Bertz CT molecular complexity index is 1160. The Labute approximate surface area is 189 Å². The van der Waals surface area contributed by atoms with Crippen LogP contribution in [0.1, 0.15) is 5.56 Å². The lowest BCUT2D eigenvalue weighted by Gasteiger charge is -2.47. The number of hydrogen-bond acceptors (Lipinski definition) is 6. The molecule has 1 aliphatic rings. The van der Waals surface area contributed by atoms with Crippen molar-refractivity contribution in [1.82, 2.24) is 4.31 Å². The minimum Gasteiger partial charge on any atom is -0.493 e. The maximum Gasteiger partial charge on any atom is 0.573 e. The first-order valence-corrected chi connectivity index (χ1v) is 11.1. The number of halogens is 5. The van der Waals surface area contributed by atoms with Crippen LogP contribution in [0.3, 0.4) is 0 Å². The van der Waals surface area contributed by atoms with Crippen LogP contribution < -0.4 is 9.47 Å². The van der Waals surface area contributed by atoms with E-state index in [9.17, 15) is 31.1 Å². The van der Waals surface area contributed by atoms with Gasteiger partial charge in [-0.2, -0.15) is 9.57 Å². The number of aliphatic hydroxyl groups is 1. The van der Waals surface area contributed by atoms with Crippen LogP contribution in [-0.2, 0) is 10.0 Å². The molecule has 2 aromatic carbocycles. The summed E-state index contributed by atoms with van der Waals surface area (Å²) in [7, 11) is -4.09. The number of alkyl halides is 3. The zero-order valence-electron chi connectivity index (χ0n) is 16.1. The molecule has 32 heavy (non-hydrogen) atoms. The largest absolute Gasteiger partial charge is 0.573 e. The standard InChI is InChI=1S/C19H15BrF4N2O5S/c20-15-5-14(31-19(22,23)24)3-4-17(15)32(28,29)26-8-18(9-26,10-27)11-30-13-2-1-12(7-25)16(21)6-13/h1-6,27H,8-11H2. The summed E-state index contributed by atoms with van der Waals surface area (Å²) in [6, 6.07) is 8.05. The first-order valence-electron chi connectivity index (χ1n) is 8.88. The second kappa shape index (κ2) is 8.86. The first kappa shape index (κ1) is 24.2. The summed E-state index contributed by atoms with van der Waals surface area (Å²) in [5.41, 5.74) is -1.11. The van der Waals surface area contributed by atoms with E-state index in [1.54, 1.807) is 6.07 Å². The Morgan fingerprint density at radius 1 is 1.19 bits per heavy atom. The van der Waals surface area contributed by atoms with E-state index >= 15 is 0 Å². The van der Waals surface area contributed by atoms with E-state index in [0.29, 0.717) is 0 Å². The topological polar surface area (TPSA) is 99.9 Å². The fourth-order valence-corrected chi connectivity index (χ4v) is 5.73. The summed E-state index contributed by atoms with van der Waals surface area (Å²) in [4.78, 5) is -0.270. The number of nitrogens with zero attached hydrogens (tertiary/aromatic N) is 2. The van der Waals surface area contributed by atoms with Gasteiger partial charge in [-0.25, -0.2) is 12.8 Å². The fraction of sp³-hybridized carbons (Fsp3) is 0.316. The van der Waals surface area contributed by atoms with Crippen molar-refractivity contribution in [3.8, 4) is 17.6 Å². The molecular formula is C19H15BrF4N2O5S. The molecule has 0 bridgehead atoms. The minimum atomic E-state index is -4.92. The molecule has 1 fully saturated rings. The molecule has 1 N–H and O–H groups in total. The van der Waals surface area contributed by atoms with Crippen LogP contribution in [0.15, 0.2) is 45.8 Å². The van der Waals surface area contributed by atoms with Gasteiger partial charge in [-0.05, 0) is 46.3 Å². The van der Waals surface area contributed by atoms with E-state index in [1.165, 1.54) is 12.1 Å². The van der Waals surface area contributed by atoms with Gasteiger partial charge in [0.1, 0.15) is 23.4 Å². The molecule has 0 radical (unpaired) electrons. The van der Waals surface area contributed by atoms with Crippen molar-refractivity contribution in [2.24, 2.45) is 5.41 Å². The molecule has 0 saturated carbocycles. The quantitative estimate of drug-likeness (QED) is 0.542. The third-order valence-corrected chi connectivity index (χ3v) is 7.49. The van der Waals surface area contributed by atoms with Gasteiger partial charge < -0.3 is 14.6 Å². The molecular weight excluding hydrogens is 524 g/mol. The van der Waals surface area contributed by atoms with E-state index in [0.717, 1.165) is 28.6 Å². The normalized spacial score (nSPS) is 16.2. The molecule has 0 amide bonds. The Kier molecular flexibility index (Phi) is 6.71. The molecule has 1 aliphatic heterocycles. The van der Waals surface area contributed by atoms with Crippen molar-refractivity contribution < 1.29 is 40.6 Å². The van der Waals surface area contributed by atoms with Crippen molar-refractivity contribution in [3.63, 3.8) is 0 Å². The average molecular weight is 539 g/mol. The molecule has 13 heteroatoms. The number of ether oxygens (including phenoxy) is 2. The first-order chi connectivity index (χ1) is 14.9. The lowest BCUT2D eigenvalue weighted by Crippen LogP contribution is -2.62. The highest BCUT2D eigenvalue weighted by Gasteiger charge is 2.49. The zero-order chi connectivity index (χ0) is 23.7. The highest BCUT2D eigenvalue weighted by Crippen LogP contribution is 2.38. The van der Waals surface area contributed by atoms with Crippen molar-refractivity contribution in [3.05, 3.63) is 52.3 Å². The Balaban J connectivity index is 1.69. The van der Waals surface area contributed by atoms with E-state index in [4.69, 9.17) is 10.00 Å². The molecule has 0 aromatic heterocycles. The SMILES string of the molecule is N#Cc1ccc(OCC2(CO)CN(S(=O)(=O)c3ccc(OC(F)(F)F)cc3Br)C2)cc1F. The van der Waals surface area contributed by atoms with Crippen molar-refractivity contribution in [2.75, 3.05) is 26.3 Å². The second-order valence-electron chi connectivity index (χ2n) is 7.11. The molecule has 7 nitrogen and oxygen atoms in total. The van der Waals surface area contributed by atoms with Crippen LogP contribution in [0.25, 0.3) is 0 Å². The van der Waals surface area contributed by atoms with E-state index in [1.807, 2.05) is 0 Å². The van der Waals surface area contributed by atoms with Crippen molar-refractivity contribution in [2.45, 2.75) is 11.3 Å². The van der Waals surface area contributed by atoms with Gasteiger partial charge in [0.2, 0.25) is 10.0 Å².